The first-order valence-electron chi connectivity index (χ1n) is 8.60. The molecule has 2 aliphatic rings. The standard InChI is InChI=1S/C17H33NO2/c1-5-17(6-2)12-15(8-10-20-17)18-14-7-9-19-16(11-14)13(3)4/h13-16,18H,5-12H2,1-4H3. The van der Waals surface area contributed by atoms with Gasteiger partial charge in [0.15, 0.2) is 0 Å². The second kappa shape index (κ2) is 7.24. The van der Waals surface area contributed by atoms with Crippen LogP contribution in [0.4, 0.5) is 0 Å². The minimum atomic E-state index is 0.124. The highest BCUT2D eigenvalue weighted by atomic mass is 16.5. The van der Waals surface area contributed by atoms with Crippen molar-refractivity contribution in [3.63, 3.8) is 0 Å². The van der Waals surface area contributed by atoms with Crippen LogP contribution >= 0.6 is 0 Å². The van der Waals surface area contributed by atoms with Gasteiger partial charge < -0.3 is 14.8 Å². The van der Waals surface area contributed by atoms with Gasteiger partial charge in [0.25, 0.3) is 0 Å². The van der Waals surface area contributed by atoms with Gasteiger partial charge in [-0.25, -0.2) is 0 Å². The van der Waals surface area contributed by atoms with Gasteiger partial charge in [0, 0.05) is 25.3 Å². The van der Waals surface area contributed by atoms with Gasteiger partial charge in [0.05, 0.1) is 11.7 Å². The lowest BCUT2D eigenvalue weighted by atomic mass is 9.85. The average Bonchev–Trinajstić information content (AvgIpc) is 2.47. The van der Waals surface area contributed by atoms with Crippen LogP contribution in [0.1, 0.15) is 66.2 Å². The molecule has 0 aromatic rings. The fourth-order valence-electron chi connectivity index (χ4n) is 3.69. The topological polar surface area (TPSA) is 30.5 Å². The molecule has 20 heavy (non-hydrogen) atoms. The maximum absolute atomic E-state index is 6.08. The molecule has 2 heterocycles. The Labute approximate surface area is 124 Å². The van der Waals surface area contributed by atoms with E-state index in [4.69, 9.17) is 9.47 Å². The summed E-state index contributed by atoms with van der Waals surface area (Å²) in [5.74, 6) is 0.625. The predicted octanol–water partition coefficient (Wildman–Crippen LogP) is 3.52. The summed E-state index contributed by atoms with van der Waals surface area (Å²) in [7, 11) is 0. The summed E-state index contributed by atoms with van der Waals surface area (Å²) in [6.07, 6.45) is 7.35. The molecule has 118 valence electrons. The smallest absolute Gasteiger partial charge is 0.0692 e. The molecular formula is C17H33NO2. The van der Waals surface area contributed by atoms with Crippen molar-refractivity contribution >= 4 is 0 Å². The number of rotatable bonds is 5. The summed E-state index contributed by atoms with van der Waals surface area (Å²) in [6, 6.07) is 1.25. The van der Waals surface area contributed by atoms with Crippen LogP contribution in [0.15, 0.2) is 0 Å². The fourth-order valence-corrected chi connectivity index (χ4v) is 3.69. The summed E-state index contributed by atoms with van der Waals surface area (Å²) in [5.41, 5.74) is 0.124. The Morgan fingerprint density at radius 2 is 1.80 bits per heavy atom. The molecule has 0 radical (unpaired) electrons. The van der Waals surface area contributed by atoms with Crippen LogP contribution < -0.4 is 5.32 Å². The van der Waals surface area contributed by atoms with E-state index in [0.29, 0.717) is 24.1 Å². The summed E-state index contributed by atoms with van der Waals surface area (Å²) < 4.78 is 12.0. The fraction of sp³-hybridized carbons (Fsp3) is 1.00. The van der Waals surface area contributed by atoms with Gasteiger partial charge in [-0.15, -0.1) is 0 Å². The van der Waals surface area contributed by atoms with Crippen LogP contribution in [0.2, 0.25) is 0 Å². The van der Waals surface area contributed by atoms with Crippen molar-refractivity contribution in [2.75, 3.05) is 13.2 Å². The third-order valence-corrected chi connectivity index (χ3v) is 5.31. The molecule has 2 rings (SSSR count). The lowest BCUT2D eigenvalue weighted by Gasteiger charge is -2.42. The average molecular weight is 283 g/mol. The highest BCUT2D eigenvalue weighted by Gasteiger charge is 2.36. The van der Waals surface area contributed by atoms with Crippen LogP contribution in [0.3, 0.4) is 0 Å². The van der Waals surface area contributed by atoms with Gasteiger partial charge in [0.2, 0.25) is 0 Å². The number of nitrogens with one attached hydrogen (secondary N) is 1. The zero-order valence-corrected chi connectivity index (χ0v) is 13.8. The van der Waals surface area contributed by atoms with E-state index in [1.54, 1.807) is 0 Å². The zero-order chi connectivity index (χ0) is 14.6. The van der Waals surface area contributed by atoms with E-state index in [9.17, 15) is 0 Å². The van der Waals surface area contributed by atoms with Crippen molar-refractivity contribution in [2.24, 2.45) is 5.92 Å². The molecule has 0 bridgehead atoms. The van der Waals surface area contributed by atoms with Crippen molar-refractivity contribution in [3.05, 3.63) is 0 Å². The van der Waals surface area contributed by atoms with Crippen LogP contribution in [0, 0.1) is 5.92 Å². The van der Waals surface area contributed by atoms with Crippen LogP contribution in [-0.2, 0) is 9.47 Å². The van der Waals surface area contributed by atoms with Crippen LogP contribution in [0.5, 0.6) is 0 Å². The molecule has 0 aromatic carbocycles. The lowest BCUT2D eigenvalue weighted by molar-refractivity contribution is -0.0971. The van der Waals surface area contributed by atoms with Crippen LogP contribution in [0.25, 0.3) is 0 Å². The van der Waals surface area contributed by atoms with E-state index < -0.39 is 0 Å². The first-order valence-corrected chi connectivity index (χ1v) is 8.60. The number of hydrogen-bond donors (Lipinski definition) is 1. The molecular weight excluding hydrogens is 250 g/mol. The third kappa shape index (κ3) is 3.96. The quantitative estimate of drug-likeness (QED) is 0.837. The number of hydrogen-bond acceptors (Lipinski definition) is 3. The van der Waals surface area contributed by atoms with E-state index >= 15 is 0 Å². The molecule has 2 aliphatic heterocycles. The summed E-state index contributed by atoms with van der Waals surface area (Å²) in [4.78, 5) is 0. The summed E-state index contributed by atoms with van der Waals surface area (Å²) in [6.45, 7) is 10.9. The van der Waals surface area contributed by atoms with Gasteiger partial charge in [0.1, 0.15) is 0 Å². The van der Waals surface area contributed by atoms with Gasteiger partial charge in [-0.05, 0) is 44.4 Å². The Morgan fingerprint density at radius 1 is 1.10 bits per heavy atom. The van der Waals surface area contributed by atoms with E-state index in [1.165, 1.54) is 12.8 Å². The van der Waals surface area contributed by atoms with E-state index in [2.05, 4.69) is 33.0 Å². The Bertz CT molecular complexity index is 289. The molecule has 3 atom stereocenters. The summed E-state index contributed by atoms with van der Waals surface area (Å²) in [5, 5.41) is 3.91. The minimum absolute atomic E-state index is 0.124. The molecule has 0 spiro atoms. The van der Waals surface area contributed by atoms with Gasteiger partial charge in [-0.3, -0.25) is 0 Å². The molecule has 3 nitrogen and oxygen atoms in total. The molecule has 0 saturated carbocycles. The molecule has 0 amide bonds. The van der Waals surface area contributed by atoms with Crippen LogP contribution in [-0.4, -0.2) is 37.0 Å². The number of ether oxygens (including phenoxy) is 2. The molecule has 3 heteroatoms. The second-order valence-electron chi connectivity index (χ2n) is 6.97. The third-order valence-electron chi connectivity index (χ3n) is 5.31. The van der Waals surface area contributed by atoms with Gasteiger partial charge in [-0.1, -0.05) is 27.7 Å². The summed E-state index contributed by atoms with van der Waals surface area (Å²) >= 11 is 0. The molecule has 1 N–H and O–H groups in total. The Balaban J connectivity index is 1.86. The highest BCUT2D eigenvalue weighted by molar-refractivity contribution is 4.90. The van der Waals surface area contributed by atoms with Crippen molar-refractivity contribution in [1.82, 2.24) is 5.32 Å². The Hall–Kier alpha value is -0.120. The van der Waals surface area contributed by atoms with Crippen molar-refractivity contribution in [1.29, 1.82) is 0 Å². The van der Waals surface area contributed by atoms with Gasteiger partial charge >= 0.3 is 0 Å². The Morgan fingerprint density at radius 3 is 2.45 bits per heavy atom. The van der Waals surface area contributed by atoms with Crippen molar-refractivity contribution in [3.8, 4) is 0 Å². The maximum atomic E-state index is 6.08. The molecule has 0 aliphatic carbocycles. The normalized spacial score (nSPS) is 34.4. The second-order valence-corrected chi connectivity index (χ2v) is 6.97. The lowest BCUT2D eigenvalue weighted by Crippen LogP contribution is -2.51. The molecule has 3 unspecified atom stereocenters. The molecule has 2 saturated heterocycles. The SMILES string of the molecule is CCC1(CC)CC(NC2CCOC(C(C)C)C2)CCO1. The Kier molecular flexibility index (Phi) is 5.88. The predicted molar refractivity (Wildman–Crippen MR) is 83.0 cm³/mol. The zero-order valence-electron chi connectivity index (χ0n) is 13.8. The first kappa shape index (κ1) is 16.3. The van der Waals surface area contributed by atoms with Gasteiger partial charge in [-0.2, -0.15) is 0 Å². The first-order chi connectivity index (χ1) is 9.58. The minimum Gasteiger partial charge on any atom is -0.378 e. The maximum Gasteiger partial charge on any atom is 0.0692 e. The highest BCUT2D eigenvalue weighted by Crippen LogP contribution is 2.32. The monoisotopic (exact) mass is 283 g/mol. The molecule has 2 fully saturated rings. The largest absolute Gasteiger partial charge is 0.378 e. The van der Waals surface area contributed by atoms with Crippen molar-refractivity contribution < 1.29 is 9.47 Å². The van der Waals surface area contributed by atoms with Crippen molar-refractivity contribution in [2.45, 2.75) is 90.0 Å². The molecule has 0 aromatic heterocycles. The van der Waals surface area contributed by atoms with E-state index in [0.717, 1.165) is 38.9 Å². The van der Waals surface area contributed by atoms with E-state index in [-0.39, 0.29) is 5.60 Å². The van der Waals surface area contributed by atoms with E-state index in [1.807, 2.05) is 0 Å².